The molecule has 0 amide bonds. The van der Waals surface area contributed by atoms with Crippen molar-refractivity contribution in [2.75, 3.05) is 13.2 Å². The number of hydrogen-bond donors (Lipinski definition) is 1. The monoisotopic (exact) mass is 131 g/mol. The van der Waals surface area contributed by atoms with Gasteiger partial charge >= 0.3 is 0 Å². The molecule has 0 aromatic rings. The lowest BCUT2D eigenvalue weighted by molar-refractivity contribution is 0.0560. The van der Waals surface area contributed by atoms with Crippen molar-refractivity contribution in [1.29, 1.82) is 0 Å². The highest BCUT2D eigenvalue weighted by molar-refractivity contribution is 4.54. The van der Waals surface area contributed by atoms with Gasteiger partial charge in [-0.05, 0) is 26.3 Å². The quantitative estimate of drug-likeness (QED) is 0.607. The first-order chi connectivity index (χ1) is 4.35. The van der Waals surface area contributed by atoms with E-state index in [2.05, 4.69) is 6.92 Å². The molecule has 0 saturated carbocycles. The van der Waals surface area contributed by atoms with Crippen LogP contribution in [0.4, 0.5) is 0 Å². The lowest BCUT2D eigenvalue weighted by Crippen LogP contribution is -2.16. The van der Waals surface area contributed by atoms with Gasteiger partial charge in [-0.25, -0.2) is 0 Å². The Morgan fingerprint density at radius 1 is 1.44 bits per heavy atom. The van der Waals surface area contributed by atoms with E-state index in [9.17, 15) is 0 Å². The molecule has 1 unspecified atom stereocenters. The standard InChI is InChI=1S/C7H17NO/c1-3-7(5-6-8)9-4-2/h7H,3-6,8H2,1-2H3. The molecule has 0 spiro atoms. The molecule has 1 atom stereocenters. The van der Waals surface area contributed by atoms with E-state index in [1.807, 2.05) is 6.92 Å². The maximum Gasteiger partial charge on any atom is 0.0584 e. The van der Waals surface area contributed by atoms with Gasteiger partial charge in [-0.15, -0.1) is 0 Å². The minimum Gasteiger partial charge on any atom is -0.378 e. The molecular weight excluding hydrogens is 114 g/mol. The van der Waals surface area contributed by atoms with E-state index in [0.29, 0.717) is 6.10 Å². The molecule has 0 aliphatic carbocycles. The minimum atomic E-state index is 0.389. The van der Waals surface area contributed by atoms with Crippen LogP contribution in [0.5, 0.6) is 0 Å². The average Bonchev–Trinajstić information content (AvgIpc) is 1.88. The first kappa shape index (κ1) is 8.92. The summed E-state index contributed by atoms with van der Waals surface area (Å²) in [6.07, 6.45) is 2.45. The van der Waals surface area contributed by atoms with Gasteiger partial charge in [0.05, 0.1) is 6.10 Å². The van der Waals surface area contributed by atoms with Crippen molar-refractivity contribution in [3.63, 3.8) is 0 Å². The second kappa shape index (κ2) is 6.05. The number of nitrogens with two attached hydrogens (primary N) is 1. The van der Waals surface area contributed by atoms with Gasteiger partial charge in [-0.1, -0.05) is 6.92 Å². The molecule has 2 N–H and O–H groups in total. The van der Waals surface area contributed by atoms with E-state index in [0.717, 1.165) is 26.0 Å². The zero-order chi connectivity index (χ0) is 7.11. The molecule has 2 nitrogen and oxygen atoms in total. The molecule has 0 radical (unpaired) electrons. The first-order valence-electron chi connectivity index (χ1n) is 3.66. The first-order valence-corrected chi connectivity index (χ1v) is 3.66. The Labute approximate surface area is 57.4 Å². The van der Waals surface area contributed by atoms with Gasteiger partial charge in [0.15, 0.2) is 0 Å². The molecule has 0 heterocycles. The third kappa shape index (κ3) is 4.43. The summed E-state index contributed by atoms with van der Waals surface area (Å²) in [6.45, 7) is 5.67. The van der Waals surface area contributed by atoms with Crippen molar-refractivity contribution in [2.24, 2.45) is 5.73 Å². The summed E-state index contributed by atoms with van der Waals surface area (Å²) in [5, 5.41) is 0. The van der Waals surface area contributed by atoms with Gasteiger partial charge in [0.25, 0.3) is 0 Å². The van der Waals surface area contributed by atoms with Crippen molar-refractivity contribution in [2.45, 2.75) is 32.8 Å². The van der Waals surface area contributed by atoms with Crippen LogP contribution in [0.25, 0.3) is 0 Å². The largest absolute Gasteiger partial charge is 0.378 e. The fourth-order valence-corrected chi connectivity index (χ4v) is 0.827. The minimum absolute atomic E-state index is 0.389. The maximum absolute atomic E-state index is 5.36. The summed E-state index contributed by atoms with van der Waals surface area (Å²) < 4.78 is 5.35. The Balaban J connectivity index is 3.18. The van der Waals surface area contributed by atoms with E-state index in [4.69, 9.17) is 10.5 Å². The molecule has 2 heteroatoms. The highest BCUT2D eigenvalue weighted by Crippen LogP contribution is 2.00. The van der Waals surface area contributed by atoms with Gasteiger partial charge in [0.2, 0.25) is 0 Å². The molecule has 0 aromatic carbocycles. The highest BCUT2D eigenvalue weighted by Gasteiger charge is 2.01. The fraction of sp³-hybridized carbons (Fsp3) is 1.00. The average molecular weight is 131 g/mol. The molecule has 0 aliphatic rings. The predicted octanol–water partition coefficient (Wildman–Crippen LogP) is 1.15. The third-order valence-corrected chi connectivity index (χ3v) is 1.35. The van der Waals surface area contributed by atoms with Crippen LogP contribution in [-0.4, -0.2) is 19.3 Å². The van der Waals surface area contributed by atoms with E-state index in [1.54, 1.807) is 0 Å². The maximum atomic E-state index is 5.36. The SMILES string of the molecule is CCOC(CC)CCN. The normalized spacial score (nSPS) is 13.7. The van der Waals surface area contributed by atoms with Crippen molar-refractivity contribution >= 4 is 0 Å². The lowest BCUT2D eigenvalue weighted by Gasteiger charge is -2.12. The molecular formula is C7H17NO. The summed E-state index contributed by atoms with van der Waals surface area (Å²) >= 11 is 0. The Morgan fingerprint density at radius 3 is 2.44 bits per heavy atom. The summed E-state index contributed by atoms with van der Waals surface area (Å²) in [7, 11) is 0. The smallest absolute Gasteiger partial charge is 0.0584 e. The van der Waals surface area contributed by atoms with Gasteiger partial charge in [-0.2, -0.15) is 0 Å². The number of hydrogen-bond acceptors (Lipinski definition) is 2. The van der Waals surface area contributed by atoms with Crippen molar-refractivity contribution in [3.8, 4) is 0 Å². The van der Waals surface area contributed by atoms with Crippen LogP contribution in [-0.2, 0) is 4.74 Å². The fourth-order valence-electron chi connectivity index (χ4n) is 0.827. The molecule has 0 rings (SSSR count). The molecule has 0 aromatic heterocycles. The Kier molecular flexibility index (Phi) is 5.99. The summed E-state index contributed by atoms with van der Waals surface area (Å²) in [5.41, 5.74) is 5.36. The van der Waals surface area contributed by atoms with Crippen molar-refractivity contribution < 1.29 is 4.74 Å². The lowest BCUT2D eigenvalue weighted by atomic mass is 10.2. The van der Waals surface area contributed by atoms with Crippen LogP contribution in [0.2, 0.25) is 0 Å². The molecule has 0 fully saturated rings. The summed E-state index contributed by atoms with van der Waals surface area (Å²) in [6, 6.07) is 0. The van der Waals surface area contributed by atoms with Crippen molar-refractivity contribution in [3.05, 3.63) is 0 Å². The Hall–Kier alpha value is -0.0800. The van der Waals surface area contributed by atoms with Gasteiger partial charge in [0.1, 0.15) is 0 Å². The highest BCUT2D eigenvalue weighted by atomic mass is 16.5. The summed E-state index contributed by atoms with van der Waals surface area (Å²) in [5.74, 6) is 0. The third-order valence-electron chi connectivity index (χ3n) is 1.35. The molecule has 56 valence electrons. The topological polar surface area (TPSA) is 35.2 Å². The van der Waals surface area contributed by atoms with Crippen LogP contribution < -0.4 is 5.73 Å². The van der Waals surface area contributed by atoms with Gasteiger partial charge < -0.3 is 10.5 Å². The van der Waals surface area contributed by atoms with Crippen LogP contribution in [0.1, 0.15) is 26.7 Å². The molecule has 9 heavy (non-hydrogen) atoms. The number of rotatable bonds is 5. The van der Waals surface area contributed by atoms with Crippen LogP contribution >= 0.6 is 0 Å². The predicted molar refractivity (Wildman–Crippen MR) is 39.4 cm³/mol. The zero-order valence-corrected chi connectivity index (χ0v) is 6.39. The molecule has 0 saturated heterocycles. The van der Waals surface area contributed by atoms with Gasteiger partial charge in [0, 0.05) is 6.61 Å². The second-order valence-corrected chi connectivity index (χ2v) is 2.06. The van der Waals surface area contributed by atoms with Gasteiger partial charge in [-0.3, -0.25) is 0 Å². The van der Waals surface area contributed by atoms with E-state index < -0.39 is 0 Å². The van der Waals surface area contributed by atoms with E-state index in [1.165, 1.54) is 0 Å². The van der Waals surface area contributed by atoms with E-state index >= 15 is 0 Å². The van der Waals surface area contributed by atoms with Crippen LogP contribution in [0.3, 0.4) is 0 Å². The van der Waals surface area contributed by atoms with Crippen LogP contribution in [0.15, 0.2) is 0 Å². The molecule has 0 aliphatic heterocycles. The Bertz CT molecular complexity index is 50.9. The Morgan fingerprint density at radius 2 is 2.11 bits per heavy atom. The second-order valence-electron chi connectivity index (χ2n) is 2.06. The van der Waals surface area contributed by atoms with E-state index in [-0.39, 0.29) is 0 Å². The number of ether oxygens (including phenoxy) is 1. The van der Waals surface area contributed by atoms with Crippen molar-refractivity contribution in [1.82, 2.24) is 0 Å². The molecule has 0 bridgehead atoms. The van der Waals surface area contributed by atoms with Crippen LogP contribution in [0, 0.1) is 0 Å². The zero-order valence-electron chi connectivity index (χ0n) is 6.39. The summed E-state index contributed by atoms with van der Waals surface area (Å²) in [4.78, 5) is 0.